The summed E-state index contributed by atoms with van der Waals surface area (Å²) in [5.74, 6) is 0. The molecule has 2 rings (SSSR count). The Morgan fingerprint density at radius 3 is 3.44 bits per heavy atom. The van der Waals surface area contributed by atoms with E-state index in [1.54, 1.807) is 0 Å². The number of rotatable bonds is 0. The number of hydrogen-bond acceptors (Lipinski definition) is 4. The van der Waals surface area contributed by atoms with E-state index in [1.807, 2.05) is 10.1 Å². The van der Waals surface area contributed by atoms with Crippen molar-refractivity contribution in [2.24, 2.45) is 3.21 Å². The van der Waals surface area contributed by atoms with Crippen LogP contribution in [-0.2, 0) is 0 Å². The maximum atomic E-state index is 4.70. The van der Waals surface area contributed by atoms with Gasteiger partial charge in [0, 0.05) is 26.3 Å². The molecule has 1 aliphatic rings. The molecule has 0 saturated heterocycles. The molecule has 0 radical (unpaired) electrons. The second-order valence-electron chi connectivity index (χ2n) is 1.44. The molecule has 0 aromatic carbocycles. The molecule has 0 amide bonds. The second kappa shape index (κ2) is 1.98. The lowest BCUT2D eigenvalue weighted by atomic mass is 10.6. The summed E-state index contributed by atoms with van der Waals surface area (Å²) in [6, 6.07) is 0. The van der Waals surface area contributed by atoms with Gasteiger partial charge < -0.3 is 4.52 Å². The molecule has 46 valence electrons. The molecule has 2 heterocycles. The molecule has 5 heteroatoms. The third-order valence-corrected chi connectivity index (χ3v) is 2.30. The summed E-state index contributed by atoms with van der Waals surface area (Å²) < 4.78 is 10.8. The van der Waals surface area contributed by atoms with Crippen LogP contribution in [0.5, 0.6) is 0 Å². The third-order valence-electron chi connectivity index (χ3n) is 0.898. The first-order valence-electron chi connectivity index (χ1n) is 2.29. The summed E-state index contributed by atoms with van der Waals surface area (Å²) in [5.41, 5.74) is 0.588. The van der Waals surface area contributed by atoms with Crippen LogP contribution in [0, 0.1) is 0 Å². The van der Waals surface area contributed by atoms with Gasteiger partial charge in [0.15, 0.2) is 5.35 Å². The van der Waals surface area contributed by atoms with E-state index in [0.29, 0.717) is 5.55 Å². The van der Waals surface area contributed by atoms with Crippen molar-refractivity contribution in [3.05, 3.63) is 10.9 Å². The molecule has 0 saturated carbocycles. The van der Waals surface area contributed by atoms with Crippen LogP contribution in [0.3, 0.4) is 0 Å². The maximum absolute atomic E-state index is 4.70. The zero-order chi connectivity index (χ0) is 6.10. The minimum Gasteiger partial charge on any atom is -0.316 e. The van der Waals surface area contributed by atoms with Gasteiger partial charge in [-0.1, -0.05) is 0 Å². The minimum absolute atomic E-state index is 0.177. The van der Waals surface area contributed by atoms with Gasteiger partial charge in [-0.3, -0.25) is 0 Å². The Morgan fingerprint density at radius 2 is 2.56 bits per heavy atom. The number of halogens is 1. The van der Waals surface area contributed by atoms with Crippen molar-refractivity contribution in [2.45, 2.75) is 0 Å². The van der Waals surface area contributed by atoms with Crippen molar-refractivity contribution in [1.82, 2.24) is 10.4 Å². The first-order chi connectivity index (χ1) is 4.47. The van der Waals surface area contributed by atoms with E-state index in [-0.39, 0.29) is 21.0 Å². The standard InChI is InChI=1S/C4H2IN3O/c1-2-5-6-4-3(1)7-8-9-4/h1-2H. The van der Waals surface area contributed by atoms with Crippen molar-refractivity contribution >= 4 is 31.1 Å². The van der Waals surface area contributed by atoms with E-state index in [1.165, 1.54) is 0 Å². The van der Waals surface area contributed by atoms with Gasteiger partial charge in [0.05, 0.1) is 0 Å². The number of nitrogens with zero attached hydrogens (tertiary/aromatic N) is 3. The predicted molar refractivity (Wildman–Crippen MR) is 39.6 cm³/mol. The van der Waals surface area contributed by atoms with E-state index in [9.17, 15) is 0 Å². The van der Waals surface area contributed by atoms with Gasteiger partial charge in [0.1, 0.15) is 0 Å². The summed E-state index contributed by atoms with van der Waals surface area (Å²) >= 11 is -0.177. The first-order valence-corrected chi connectivity index (χ1v) is 4.50. The highest BCUT2D eigenvalue weighted by Crippen LogP contribution is 1.94. The van der Waals surface area contributed by atoms with Crippen LogP contribution in [0.4, 0.5) is 0 Å². The van der Waals surface area contributed by atoms with Gasteiger partial charge >= 0.3 is 0 Å². The fraction of sp³-hybridized carbons (Fsp3) is 0. The second-order valence-corrected chi connectivity index (χ2v) is 3.20. The number of fused-ring (bicyclic) bond motifs is 1. The monoisotopic (exact) mass is 235 g/mol. The molecule has 1 aromatic rings. The molecule has 0 spiro atoms. The van der Waals surface area contributed by atoms with Crippen LogP contribution < -0.4 is 10.9 Å². The number of hydrogen-bond donors (Lipinski definition) is 0. The van der Waals surface area contributed by atoms with Crippen molar-refractivity contribution in [3.8, 4) is 0 Å². The average molecular weight is 235 g/mol. The normalized spacial score (nSPS) is 14.7. The van der Waals surface area contributed by atoms with Crippen molar-refractivity contribution in [2.75, 3.05) is 0 Å². The van der Waals surface area contributed by atoms with Gasteiger partial charge in [-0.25, -0.2) is 0 Å². The SMILES string of the molecule is C1=IN=c2onnc2=C1. The highest BCUT2D eigenvalue weighted by molar-refractivity contribution is 14.2. The molecule has 0 aliphatic carbocycles. The van der Waals surface area contributed by atoms with Gasteiger partial charge in [-0.15, -0.1) is 5.10 Å². The van der Waals surface area contributed by atoms with Crippen LogP contribution in [0.15, 0.2) is 7.73 Å². The van der Waals surface area contributed by atoms with Crippen LogP contribution in [0.2, 0.25) is 0 Å². The lowest BCUT2D eigenvalue weighted by molar-refractivity contribution is 0.363. The van der Waals surface area contributed by atoms with Crippen LogP contribution >= 0.6 is 21.0 Å². The Hall–Kier alpha value is -0.590. The topological polar surface area (TPSA) is 51.3 Å². The molecule has 9 heavy (non-hydrogen) atoms. The van der Waals surface area contributed by atoms with E-state index < -0.39 is 0 Å². The van der Waals surface area contributed by atoms with Gasteiger partial charge in [0.25, 0.3) is 5.55 Å². The third kappa shape index (κ3) is 0.805. The smallest absolute Gasteiger partial charge is 0.283 e. The average Bonchev–Trinajstić information content (AvgIpc) is 2.33. The van der Waals surface area contributed by atoms with Crippen molar-refractivity contribution < 1.29 is 4.52 Å². The van der Waals surface area contributed by atoms with Crippen molar-refractivity contribution in [3.63, 3.8) is 0 Å². The predicted octanol–water partition coefficient (Wildman–Crippen LogP) is -0.829. The molecule has 0 unspecified atom stereocenters. The maximum Gasteiger partial charge on any atom is 0.283 e. The van der Waals surface area contributed by atoms with E-state index in [0.717, 1.165) is 5.35 Å². The lowest BCUT2D eigenvalue weighted by Gasteiger charge is -1.75. The van der Waals surface area contributed by atoms with Crippen LogP contribution in [0.1, 0.15) is 0 Å². The zero-order valence-corrected chi connectivity index (χ0v) is 6.44. The van der Waals surface area contributed by atoms with Gasteiger partial charge in [-0.05, 0) is 10.1 Å². The molecule has 0 N–H and O–H groups in total. The summed E-state index contributed by atoms with van der Waals surface area (Å²) in [6.07, 6.45) is 1.89. The van der Waals surface area contributed by atoms with Crippen LogP contribution in [-0.4, -0.2) is 14.4 Å². The number of aromatic nitrogens is 2. The molecular weight excluding hydrogens is 233 g/mol. The first kappa shape index (κ1) is 5.21. The summed E-state index contributed by atoms with van der Waals surface area (Å²) in [5, 5.41) is 7.78. The van der Waals surface area contributed by atoms with Crippen LogP contribution in [0.25, 0.3) is 6.08 Å². The molecule has 0 fully saturated rings. The Kier molecular flexibility index (Phi) is 1.15. The Labute approximate surface area is 60.4 Å². The van der Waals surface area contributed by atoms with Crippen molar-refractivity contribution in [1.29, 1.82) is 0 Å². The zero-order valence-electron chi connectivity index (χ0n) is 4.28. The quantitative estimate of drug-likeness (QED) is 0.551. The van der Waals surface area contributed by atoms with E-state index >= 15 is 0 Å². The Balaban J connectivity index is 2.99. The summed E-state index contributed by atoms with van der Waals surface area (Å²) in [7, 11) is 0. The Bertz CT molecular complexity index is 320. The molecular formula is C4H2IN3O. The van der Waals surface area contributed by atoms with Gasteiger partial charge in [-0.2, -0.15) is 3.21 Å². The molecule has 0 bridgehead atoms. The molecule has 0 atom stereocenters. The fourth-order valence-electron chi connectivity index (χ4n) is 0.516. The Morgan fingerprint density at radius 1 is 1.56 bits per heavy atom. The highest BCUT2D eigenvalue weighted by Gasteiger charge is 1.93. The minimum atomic E-state index is -0.177. The van der Waals surface area contributed by atoms with E-state index in [2.05, 4.69) is 13.6 Å². The van der Waals surface area contributed by atoms with E-state index in [4.69, 9.17) is 4.52 Å². The van der Waals surface area contributed by atoms with Gasteiger partial charge in [0.2, 0.25) is 0 Å². The fourth-order valence-corrected chi connectivity index (χ4v) is 1.77. The lowest BCUT2D eigenvalue weighted by Crippen LogP contribution is -2.22. The summed E-state index contributed by atoms with van der Waals surface area (Å²) in [4.78, 5) is 0. The molecule has 1 aliphatic heterocycles. The molecule has 1 aromatic heterocycles. The summed E-state index contributed by atoms with van der Waals surface area (Å²) in [6.45, 7) is 0. The highest BCUT2D eigenvalue weighted by atomic mass is 127. The largest absolute Gasteiger partial charge is 0.316 e. The molecule has 4 nitrogen and oxygen atoms in total.